The molecular formula is C24H29N5. The summed E-state index contributed by atoms with van der Waals surface area (Å²) in [6.45, 7) is 3.31. The van der Waals surface area contributed by atoms with E-state index in [0.717, 1.165) is 19.0 Å². The Hall–Kier alpha value is -2.50. The van der Waals surface area contributed by atoms with Crippen LogP contribution in [-0.4, -0.2) is 56.6 Å². The largest absolute Gasteiger partial charge is 0.298 e. The Morgan fingerprint density at radius 2 is 1.76 bits per heavy atom. The quantitative estimate of drug-likeness (QED) is 0.673. The molecular weight excluding hydrogens is 358 g/mol. The Bertz CT molecular complexity index is 926. The fraction of sp³-hybridized carbons (Fsp3) is 0.417. The van der Waals surface area contributed by atoms with Gasteiger partial charge in [0.15, 0.2) is 0 Å². The number of rotatable bonds is 5. The summed E-state index contributed by atoms with van der Waals surface area (Å²) in [6.07, 6.45) is 10.6. The maximum atomic E-state index is 4.41. The summed E-state index contributed by atoms with van der Waals surface area (Å²) >= 11 is 0. The van der Waals surface area contributed by atoms with Crippen LogP contribution in [0.2, 0.25) is 0 Å². The molecule has 5 nitrogen and oxygen atoms in total. The van der Waals surface area contributed by atoms with Crippen LogP contribution in [0.4, 0.5) is 0 Å². The molecule has 0 N–H and O–H groups in total. The van der Waals surface area contributed by atoms with Crippen LogP contribution in [0.3, 0.4) is 0 Å². The number of aromatic nitrogens is 3. The van der Waals surface area contributed by atoms with Gasteiger partial charge in [-0.1, -0.05) is 24.3 Å². The van der Waals surface area contributed by atoms with Crippen molar-refractivity contribution in [2.75, 3.05) is 20.1 Å². The summed E-state index contributed by atoms with van der Waals surface area (Å²) in [5.74, 6) is 0.745. The average Bonchev–Trinajstić information content (AvgIpc) is 3.41. The Labute approximate surface area is 173 Å². The molecule has 1 fully saturated rings. The zero-order valence-electron chi connectivity index (χ0n) is 17.1. The predicted molar refractivity (Wildman–Crippen MR) is 115 cm³/mol. The van der Waals surface area contributed by atoms with E-state index in [1.54, 1.807) is 23.5 Å². The second-order valence-electron chi connectivity index (χ2n) is 8.46. The maximum Gasteiger partial charge on any atom is 0.233 e. The summed E-state index contributed by atoms with van der Waals surface area (Å²) in [4.78, 5) is 14.1. The minimum absolute atomic E-state index is 0.590. The van der Waals surface area contributed by atoms with Crippen molar-refractivity contribution in [3.63, 3.8) is 0 Å². The molecule has 2 aromatic heterocycles. The molecule has 150 valence electrons. The van der Waals surface area contributed by atoms with Crippen molar-refractivity contribution in [2.45, 2.75) is 44.3 Å². The molecule has 3 heterocycles. The third kappa shape index (κ3) is 3.85. The van der Waals surface area contributed by atoms with Gasteiger partial charge in [0, 0.05) is 49.5 Å². The summed E-state index contributed by atoms with van der Waals surface area (Å²) in [5, 5.41) is 0. The van der Waals surface area contributed by atoms with Gasteiger partial charge in [-0.25, -0.2) is 9.97 Å². The van der Waals surface area contributed by atoms with Gasteiger partial charge < -0.3 is 0 Å². The second-order valence-corrected chi connectivity index (χ2v) is 8.46. The molecule has 0 amide bonds. The normalized spacial score (nSPS) is 20.3. The molecule has 1 aromatic carbocycles. The maximum absolute atomic E-state index is 4.41. The van der Waals surface area contributed by atoms with Crippen molar-refractivity contribution in [2.24, 2.45) is 0 Å². The highest BCUT2D eigenvalue weighted by Gasteiger charge is 2.31. The van der Waals surface area contributed by atoms with E-state index in [4.69, 9.17) is 0 Å². The number of piperidine rings is 1. The van der Waals surface area contributed by atoms with Crippen molar-refractivity contribution >= 4 is 0 Å². The van der Waals surface area contributed by atoms with E-state index in [0.29, 0.717) is 12.1 Å². The number of nitrogens with zero attached hydrogens (tertiary/aromatic N) is 5. The average molecular weight is 388 g/mol. The number of fused-ring (bicyclic) bond motifs is 1. The molecule has 0 spiro atoms. The number of hydrogen-bond donors (Lipinski definition) is 0. The lowest BCUT2D eigenvalue weighted by molar-refractivity contribution is 0.0827. The third-order valence-corrected chi connectivity index (χ3v) is 6.61. The van der Waals surface area contributed by atoms with Gasteiger partial charge in [0.05, 0.1) is 0 Å². The van der Waals surface area contributed by atoms with E-state index >= 15 is 0 Å². The lowest BCUT2D eigenvalue weighted by atomic mass is 10.0. The minimum atomic E-state index is 0.590. The van der Waals surface area contributed by atoms with Crippen LogP contribution in [0.5, 0.6) is 0 Å². The first kappa shape index (κ1) is 18.5. The summed E-state index contributed by atoms with van der Waals surface area (Å²) < 4.78 is 2.10. The topological polar surface area (TPSA) is 37.2 Å². The van der Waals surface area contributed by atoms with Gasteiger partial charge in [0.25, 0.3) is 0 Å². The van der Waals surface area contributed by atoms with Crippen LogP contribution in [0.1, 0.15) is 29.7 Å². The monoisotopic (exact) mass is 387 g/mol. The molecule has 1 aliphatic heterocycles. The highest BCUT2D eigenvalue weighted by Crippen LogP contribution is 2.28. The van der Waals surface area contributed by atoms with Gasteiger partial charge in [-0.3, -0.25) is 14.4 Å². The van der Waals surface area contributed by atoms with Crippen LogP contribution in [0.15, 0.2) is 61.1 Å². The minimum Gasteiger partial charge on any atom is -0.298 e. The fourth-order valence-electron chi connectivity index (χ4n) is 5.01. The van der Waals surface area contributed by atoms with Crippen molar-refractivity contribution < 1.29 is 0 Å². The summed E-state index contributed by atoms with van der Waals surface area (Å²) in [7, 11) is 2.26. The van der Waals surface area contributed by atoms with Crippen LogP contribution in [0.25, 0.3) is 5.95 Å². The predicted octanol–water partition coefficient (Wildman–Crippen LogP) is 3.33. The molecule has 1 unspecified atom stereocenters. The standard InChI is InChI=1S/C24H29N5/c1-27(17-22-10-5-14-29(22)24-25-11-6-12-26-24)21-9-4-13-28(18-21)23-15-19-7-2-3-8-20(19)16-23/h2-3,5-8,10-12,14,21,23H,4,9,13,15-18H2,1H3. The number of hydrogen-bond acceptors (Lipinski definition) is 4. The van der Waals surface area contributed by atoms with Crippen molar-refractivity contribution in [1.82, 2.24) is 24.3 Å². The van der Waals surface area contributed by atoms with Crippen LogP contribution < -0.4 is 0 Å². The van der Waals surface area contributed by atoms with Gasteiger partial charge in [-0.05, 0) is 68.6 Å². The van der Waals surface area contributed by atoms with Crippen molar-refractivity contribution in [3.05, 3.63) is 77.9 Å². The van der Waals surface area contributed by atoms with E-state index < -0.39 is 0 Å². The molecule has 5 rings (SSSR count). The fourth-order valence-corrected chi connectivity index (χ4v) is 5.01. The van der Waals surface area contributed by atoms with E-state index in [1.807, 2.05) is 6.07 Å². The zero-order chi connectivity index (χ0) is 19.6. The smallest absolute Gasteiger partial charge is 0.233 e. The van der Waals surface area contributed by atoms with E-state index in [-0.39, 0.29) is 0 Å². The Kier molecular flexibility index (Phi) is 5.17. The first-order valence-corrected chi connectivity index (χ1v) is 10.7. The number of likely N-dealkylation sites (tertiary alicyclic amines) is 1. The first-order chi connectivity index (χ1) is 14.3. The van der Waals surface area contributed by atoms with E-state index in [1.165, 1.54) is 37.9 Å². The van der Waals surface area contributed by atoms with E-state index in [2.05, 4.69) is 74.0 Å². The molecule has 3 aromatic rings. The molecule has 0 saturated carbocycles. The Morgan fingerprint density at radius 1 is 1.00 bits per heavy atom. The number of likely N-dealkylation sites (N-methyl/N-ethyl adjacent to an activating group) is 1. The SMILES string of the molecule is CN(Cc1cccn1-c1ncccn1)C1CCCN(C2Cc3ccccc3C2)C1. The summed E-state index contributed by atoms with van der Waals surface area (Å²) in [5.41, 5.74) is 4.34. The zero-order valence-corrected chi connectivity index (χ0v) is 17.1. The first-order valence-electron chi connectivity index (χ1n) is 10.7. The van der Waals surface area contributed by atoms with Gasteiger partial charge in [-0.15, -0.1) is 0 Å². The van der Waals surface area contributed by atoms with Crippen molar-refractivity contribution in [3.8, 4) is 5.95 Å². The highest BCUT2D eigenvalue weighted by atomic mass is 15.2. The molecule has 1 saturated heterocycles. The highest BCUT2D eigenvalue weighted by molar-refractivity contribution is 5.33. The lowest BCUT2D eigenvalue weighted by Crippen LogP contribution is -2.50. The molecule has 0 radical (unpaired) electrons. The number of benzene rings is 1. The molecule has 5 heteroatoms. The Balaban J connectivity index is 1.25. The lowest BCUT2D eigenvalue weighted by Gasteiger charge is -2.40. The van der Waals surface area contributed by atoms with Crippen LogP contribution in [-0.2, 0) is 19.4 Å². The van der Waals surface area contributed by atoms with E-state index in [9.17, 15) is 0 Å². The van der Waals surface area contributed by atoms with Gasteiger partial charge in [-0.2, -0.15) is 0 Å². The second kappa shape index (κ2) is 8.09. The molecule has 29 heavy (non-hydrogen) atoms. The molecule has 1 aliphatic carbocycles. The van der Waals surface area contributed by atoms with Gasteiger partial charge in [0.2, 0.25) is 5.95 Å². The molecule has 1 atom stereocenters. The van der Waals surface area contributed by atoms with Crippen LogP contribution >= 0.6 is 0 Å². The Morgan fingerprint density at radius 3 is 2.52 bits per heavy atom. The molecule has 0 bridgehead atoms. The van der Waals surface area contributed by atoms with Gasteiger partial charge >= 0.3 is 0 Å². The molecule has 2 aliphatic rings. The van der Waals surface area contributed by atoms with Gasteiger partial charge in [0.1, 0.15) is 0 Å². The van der Waals surface area contributed by atoms with Crippen molar-refractivity contribution in [1.29, 1.82) is 0 Å². The third-order valence-electron chi connectivity index (χ3n) is 6.61. The van der Waals surface area contributed by atoms with Crippen LogP contribution in [0, 0.1) is 0 Å². The summed E-state index contributed by atoms with van der Waals surface area (Å²) in [6, 6.07) is 16.4.